The third-order valence-corrected chi connectivity index (χ3v) is 3.45. The van der Waals surface area contributed by atoms with Crippen molar-refractivity contribution >= 4 is 0 Å². The van der Waals surface area contributed by atoms with Crippen LogP contribution >= 0.6 is 0 Å². The molecule has 1 aromatic rings. The summed E-state index contributed by atoms with van der Waals surface area (Å²) >= 11 is 0. The van der Waals surface area contributed by atoms with Crippen LogP contribution < -0.4 is 0 Å². The molecule has 0 spiro atoms. The summed E-state index contributed by atoms with van der Waals surface area (Å²) in [4.78, 5) is 4.21. The zero-order valence-electron chi connectivity index (χ0n) is 9.43. The molecule has 15 heavy (non-hydrogen) atoms. The second-order valence-electron chi connectivity index (χ2n) is 4.75. The maximum absolute atomic E-state index is 9.92. The average Bonchev–Trinajstić information content (AvgIpc) is 2.58. The first kappa shape index (κ1) is 10.6. The minimum atomic E-state index is -0.155. The number of rotatable bonds is 2. The van der Waals surface area contributed by atoms with E-state index in [1.165, 1.54) is 0 Å². The minimum absolute atomic E-state index is 0.155. The molecule has 1 saturated carbocycles. The summed E-state index contributed by atoms with van der Waals surface area (Å²) in [5.74, 6) is 2.07. The molecule has 4 nitrogen and oxygen atoms in total. The highest BCUT2D eigenvalue weighted by Gasteiger charge is 2.28. The molecule has 1 aliphatic rings. The summed E-state index contributed by atoms with van der Waals surface area (Å²) in [5.41, 5.74) is 0. The lowest BCUT2D eigenvalue weighted by atomic mass is 9.78. The zero-order chi connectivity index (χ0) is 10.8. The first-order chi connectivity index (χ1) is 7.16. The molecule has 1 aromatic heterocycles. The summed E-state index contributed by atoms with van der Waals surface area (Å²) in [6, 6.07) is 0. The third-order valence-electron chi connectivity index (χ3n) is 3.45. The highest BCUT2D eigenvalue weighted by atomic mass is 16.3. The van der Waals surface area contributed by atoms with Crippen LogP contribution in [0.5, 0.6) is 0 Å². The van der Waals surface area contributed by atoms with Gasteiger partial charge in [-0.15, -0.1) is 0 Å². The largest absolute Gasteiger partial charge is 0.393 e. The molecule has 84 valence electrons. The van der Waals surface area contributed by atoms with Crippen LogP contribution in [0.4, 0.5) is 0 Å². The summed E-state index contributed by atoms with van der Waals surface area (Å²) in [6.45, 7) is 2.26. The molecule has 2 rings (SSSR count). The smallest absolute Gasteiger partial charge is 0.138 e. The number of aliphatic hydroxyl groups excluding tert-OH is 1. The van der Waals surface area contributed by atoms with Crippen LogP contribution in [0.2, 0.25) is 0 Å². The van der Waals surface area contributed by atoms with E-state index in [2.05, 4.69) is 17.0 Å². The van der Waals surface area contributed by atoms with Crippen molar-refractivity contribution in [2.45, 2.75) is 38.7 Å². The van der Waals surface area contributed by atoms with Crippen LogP contribution in [-0.2, 0) is 13.5 Å². The van der Waals surface area contributed by atoms with Crippen LogP contribution in [0.3, 0.4) is 0 Å². The van der Waals surface area contributed by atoms with E-state index in [9.17, 15) is 5.11 Å². The van der Waals surface area contributed by atoms with Crippen LogP contribution in [0.15, 0.2) is 6.33 Å². The van der Waals surface area contributed by atoms with E-state index in [0.29, 0.717) is 5.92 Å². The van der Waals surface area contributed by atoms with Crippen molar-refractivity contribution in [3.8, 4) is 0 Å². The van der Waals surface area contributed by atoms with Gasteiger partial charge in [0.05, 0.1) is 6.10 Å². The van der Waals surface area contributed by atoms with Gasteiger partial charge in [-0.1, -0.05) is 6.92 Å². The van der Waals surface area contributed by atoms with Crippen LogP contribution in [0.1, 0.15) is 32.0 Å². The second kappa shape index (κ2) is 4.31. The van der Waals surface area contributed by atoms with Gasteiger partial charge in [0, 0.05) is 13.5 Å². The maximum atomic E-state index is 9.92. The minimum Gasteiger partial charge on any atom is -0.393 e. The molecule has 0 amide bonds. The second-order valence-corrected chi connectivity index (χ2v) is 4.75. The fourth-order valence-electron chi connectivity index (χ4n) is 2.44. The fourth-order valence-corrected chi connectivity index (χ4v) is 2.44. The molecule has 3 unspecified atom stereocenters. The van der Waals surface area contributed by atoms with E-state index in [0.717, 1.165) is 37.4 Å². The molecule has 1 N–H and O–H groups in total. The Kier molecular flexibility index (Phi) is 3.05. The first-order valence-electron chi connectivity index (χ1n) is 5.67. The summed E-state index contributed by atoms with van der Waals surface area (Å²) < 4.78 is 1.80. The van der Waals surface area contributed by atoms with E-state index in [1.807, 2.05) is 7.05 Å². The summed E-state index contributed by atoms with van der Waals surface area (Å²) in [7, 11) is 1.90. The molecule has 0 bridgehead atoms. The normalized spacial score (nSPS) is 31.8. The molecule has 0 saturated heterocycles. The Bertz CT molecular complexity index is 323. The molecular formula is C11H19N3O. The molecule has 1 aliphatic carbocycles. The summed E-state index contributed by atoms with van der Waals surface area (Å²) in [5, 5.41) is 14.0. The van der Waals surface area contributed by atoms with Gasteiger partial charge >= 0.3 is 0 Å². The van der Waals surface area contributed by atoms with Crippen molar-refractivity contribution < 1.29 is 5.11 Å². The van der Waals surface area contributed by atoms with Crippen LogP contribution in [0.25, 0.3) is 0 Å². The van der Waals surface area contributed by atoms with Gasteiger partial charge in [0.2, 0.25) is 0 Å². The number of aryl methyl sites for hydroxylation is 1. The fraction of sp³-hybridized carbons (Fsp3) is 0.818. The van der Waals surface area contributed by atoms with Gasteiger partial charge in [0.25, 0.3) is 0 Å². The van der Waals surface area contributed by atoms with Crippen molar-refractivity contribution in [2.75, 3.05) is 0 Å². The lowest BCUT2D eigenvalue weighted by Crippen LogP contribution is -2.30. The maximum Gasteiger partial charge on any atom is 0.138 e. The predicted octanol–water partition coefficient (Wildman–Crippen LogP) is 1.15. The van der Waals surface area contributed by atoms with E-state index < -0.39 is 0 Å². The SMILES string of the molecule is CC1CCC(O)C(Cc2ncnn2C)C1. The number of hydrogen-bond donors (Lipinski definition) is 1. The van der Waals surface area contributed by atoms with Crippen molar-refractivity contribution in [1.82, 2.24) is 14.8 Å². The number of nitrogens with zero attached hydrogens (tertiary/aromatic N) is 3. The topological polar surface area (TPSA) is 50.9 Å². The molecule has 0 aromatic carbocycles. The van der Waals surface area contributed by atoms with Crippen LogP contribution in [0, 0.1) is 11.8 Å². The van der Waals surface area contributed by atoms with Gasteiger partial charge in [0.1, 0.15) is 12.2 Å². The Morgan fingerprint density at radius 3 is 3.00 bits per heavy atom. The molecule has 1 fully saturated rings. The number of hydrogen-bond acceptors (Lipinski definition) is 3. The van der Waals surface area contributed by atoms with Crippen molar-refractivity contribution in [1.29, 1.82) is 0 Å². The Balaban J connectivity index is 2.01. The molecule has 3 atom stereocenters. The van der Waals surface area contributed by atoms with Gasteiger partial charge in [-0.2, -0.15) is 5.10 Å². The average molecular weight is 209 g/mol. The molecule has 1 heterocycles. The van der Waals surface area contributed by atoms with E-state index in [-0.39, 0.29) is 6.10 Å². The van der Waals surface area contributed by atoms with Gasteiger partial charge in [0.15, 0.2) is 0 Å². The van der Waals surface area contributed by atoms with Crippen LogP contribution in [-0.4, -0.2) is 26.0 Å². The lowest BCUT2D eigenvalue weighted by molar-refractivity contribution is 0.0505. The molecule has 0 aliphatic heterocycles. The third kappa shape index (κ3) is 2.37. The predicted molar refractivity (Wildman–Crippen MR) is 57.2 cm³/mol. The van der Waals surface area contributed by atoms with E-state index in [4.69, 9.17) is 0 Å². The van der Waals surface area contributed by atoms with Gasteiger partial charge in [-0.25, -0.2) is 4.98 Å². The Morgan fingerprint density at radius 2 is 2.33 bits per heavy atom. The van der Waals surface area contributed by atoms with Gasteiger partial charge in [-0.05, 0) is 31.1 Å². The van der Waals surface area contributed by atoms with Crippen molar-refractivity contribution in [3.05, 3.63) is 12.2 Å². The Labute approximate surface area is 90.3 Å². The molecule has 4 heteroatoms. The van der Waals surface area contributed by atoms with Crippen molar-refractivity contribution in [2.24, 2.45) is 18.9 Å². The number of aromatic nitrogens is 3. The monoisotopic (exact) mass is 209 g/mol. The molecule has 0 radical (unpaired) electrons. The highest BCUT2D eigenvalue weighted by molar-refractivity contribution is 4.90. The standard InChI is InChI=1S/C11H19N3O/c1-8-3-4-10(15)9(5-8)6-11-12-7-13-14(11)2/h7-10,15H,3-6H2,1-2H3. The van der Waals surface area contributed by atoms with E-state index in [1.54, 1.807) is 11.0 Å². The van der Waals surface area contributed by atoms with E-state index >= 15 is 0 Å². The van der Waals surface area contributed by atoms with Crippen molar-refractivity contribution in [3.63, 3.8) is 0 Å². The summed E-state index contributed by atoms with van der Waals surface area (Å²) in [6.07, 6.45) is 5.46. The van der Waals surface area contributed by atoms with Gasteiger partial charge < -0.3 is 5.11 Å². The Morgan fingerprint density at radius 1 is 1.53 bits per heavy atom. The Hall–Kier alpha value is -0.900. The number of aliphatic hydroxyl groups is 1. The van der Waals surface area contributed by atoms with Gasteiger partial charge in [-0.3, -0.25) is 4.68 Å². The quantitative estimate of drug-likeness (QED) is 0.795. The molecular weight excluding hydrogens is 190 g/mol. The first-order valence-corrected chi connectivity index (χ1v) is 5.67. The lowest BCUT2D eigenvalue weighted by Gasteiger charge is -2.31. The zero-order valence-corrected chi connectivity index (χ0v) is 9.43. The highest BCUT2D eigenvalue weighted by Crippen LogP contribution is 2.30.